The molecule has 0 radical (unpaired) electrons. The number of hydrogen-bond donors (Lipinski definition) is 0. The van der Waals surface area contributed by atoms with Crippen molar-refractivity contribution in [3.63, 3.8) is 0 Å². The zero-order valence-electron chi connectivity index (χ0n) is 41.6. The third-order valence-electron chi connectivity index (χ3n) is 14.5. The van der Waals surface area contributed by atoms with E-state index >= 15 is 0 Å². The number of para-hydroxylation sites is 2. The van der Waals surface area contributed by atoms with Crippen molar-refractivity contribution in [1.29, 1.82) is 0 Å². The van der Waals surface area contributed by atoms with Gasteiger partial charge in [-0.3, -0.25) is 0 Å². The molecule has 0 saturated carbocycles. The summed E-state index contributed by atoms with van der Waals surface area (Å²) in [6, 6.07) is 71.0. The molecule has 0 aliphatic carbocycles. The van der Waals surface area contributed by atoms with Crippen LogP contribution < -0.4 is 29.7 Å². The molecule has 0 saturated heterocycles. The SMILES string of the molecule is CC(C)(C)c1ccc(-c2cc(C(C)(C)C)ccc2N2c3cc(N(c4ccccc4)c4ccccc4)cc4c3B(c3sc5ccccc5c3N4c3ccc(C(C)(C)C)cc3)c3sc4ccccc4c32)cc1. The highest BCUT2D eigenvalue weighted by atomic mass is 32.1. The lowest BCUT2D eigenvalue weighted by atomic mass is 9.39. The third-order valence-corrected chi connectivity index (χ3v) is 16.9. The lowest BCUT2D eigenvalue weighted by molar-refractivity contribution is 0.590. The third kappa shape index (κ3) is 7.29. The molecule has 2 aliphatic rings. The second kappa shape index (κ2) is 16.4. The Balaban J connectivity index is 1.24. The van der Waals surface area contributed by atoms with Crippen molar-refractivity contribution in [2.24, 2.45) is 0 Å². The second-order valence-corrected chi connectivity index (χ2v) is 24.4. The van der Waals surface area contributed by atoms with Gasteiger partial charge in [0.25, 0.3) is 6.71 Å². The number of thiophene rings is 2. The van der Waals surface area contributed by atoms with E-state index in [1.54, 1.807) is 0 Å². The summed E-state index contributed by atoms with van der Waals surface area (Å²) in [5, 5.41) is 2.56. The zero-order chi connectivity index (χ0) is 48.3. The van der Waals surface area contributed by atoms with Crippen LogP contribution in [0.4, 0.5) is 51.2 Å². The van der Waals surface area contributed by atoms with Gasteiger partial charge in [-0.05, 0) is 117 Å². The summed E-state index contributed by atoms with van der Waals surface area (Å²) in [7, 11) is 0. The summed E-state index contributed by atoms with van der Waals surface area (Å²) in [4.78, 5) is 7.72. The van der Waals surface area contributed by atoms with Gasteiger partial charge >= 0.3 is 0 Å². The molecular weight excluding hydrogens is 886 g/mol. The van der Waals surface area contributed by atoms with E-state index in [1.165, 1.54) is 91.4 Å². The van der Waals surface area contributed by atoms with E-state index in [0.29, 0.717) is 0 Å². The maximum absolute atomic E-state index is 2.67. The molecule has 0 atom stereocenters. The van der Waals surface area contributed by atoms with Crippen LogP contribution in [0.15, 0.2) is 188 Å². The van der Waals surface area contributed by atoms with Gasteiger partial charge in [-0.1, -0.05) is 178 Å². The van der Waals surface area contributed by atoms with Gasteiger partial charge in [0.15, 0.2) is 0 Å². The predicted molar refractivity (Wildman–Crippen MR) is 307 cm³/mol. The van der Waals surface area contributed by atoms with Gasteiger partial charge in [-0.15, -0.1) is 22.7 Å². The van der Waals surface area contributed by atoms with Crippen LogP contribution in [0, 0.1) is 0 Å². The summed E-state index contributed by atoms with van der Waals surface area (Å²) >= 11 is 3.93. The molecule has 0 fully saturated rings. The Morgan fingerprint density at radius 1 is 0.400 bits per heavy atom. The predicted octanol–water partition coefficient (Wildman–Crippen LogP) is 17.2. The highest BCUT2D eigenvalue weighted by molar-refractivity contribution is 7.40. The first-order chi connectivity index (χ1) is 33.6. The highest BCUT2D eigenvalue weighted by Gasteiger charge is 2.48. The monoisotopic (exact) mass is 943 g/mol. The van der Waals surface area contributed by atoms with Crippen LogP contribution in [-0.2, 0) is 16.2 Å². The number of rotatable bonds is 6. The first-order valence-electron chi connectivity index (χ1n) is 24.7. The molecule has 10 aromatic rings. The Bertz CT molecular complexity index is 3570. The minimum absolute atomic E-state index is 0.00506. The van der Waals surface area contributed by atoms with Crippen LogP contribution in [0.2, 0.25) is 0 Å². The number of nitrogens with zero attached hydrogens (tertiary/aromatic N) is 3. The number of fused-ring (bicyclic) bond motifs is 8. The van der Waals surface area contributed by atoms with Crippen LogP contribution in [-0.4, -0.2) is 6.71 Å². The molecular formula is C64H58BN3S2. The molecule has 8 aromatic carbocycles. The molecule has 2 aromatic heterocycles. The number of benzene rings is 8. The molecule has 0 bridgehead atoms. The topological polar surface area (TPSA) is 9.72 Å². The molecule has 0 amide bonds. The summed E-state index contributed by atoms with van der Waals surface area (Å²) in [5.41, 5.74) is 18.3. The Kier molecular flexibility index (Phi) is 10.4. The molecule has 4 heterocycles. The van der Waals surface area contributed by atoms with Gasteiger partial charge < -0.3 is 14.7 Å². The van der Waals surface area contributed by atoms with Crippen LogP contribution in [0.1, 0.15) is 79.0 Å². The van der Waals surface area contributed by atoms with E-state index < -0.39 is 0 Å². The van der Waals surface area contributed by atoms with Gasteiger partial charge in [-0.2, -0.15) is 0 Å². The molecule has 12 rings (SSSR count). The summed E-state index contributed by atoms with van der Waals surface area (Å²) in [6.45, 7) is 20.8. The molecule has 70 heavy (non-hydrogen) atoms. The normalized spacial score (nSPS) is 13.4. The van der Waals surface area contributed by atoms with Crippen molar-refractivity contribution in [3.8, 4) is 11.1 Å². The van der Waals surface area contributed by atoms with E-state index in [4.69, 9.17) is 0 Å². The fourth-order valence-corrected chi connectivity index (χ4v) is 13.5. The van der Waals surface area contributed by atoms with Crippen molar-refractivity contribution in [1.82, 2.24) is 0 Å². The summed E-state index contributed by atoms with van der Waals surface area (Å²) in [6.07, 6.45) is 0. The van der Waals surface area contributed by atoms with Gasteiger partial charge in [0.05, 0.1) is 22.7 Å². The van der Waals surface area contributed by atoms with E-state index in [2.05, 4.69) is 265 Å². The van der Waals surface area contributed by atoms with Crippen LogP contribution in [0.3, 0.4) is 0 Å². The van der Waals surface area contributed by atoms with Crippen molar-refractivity contribution in [2.45, 2.75) is 78.6 Å². The van der Waals surface area contributed by atoms with Crippen LogP contribution in [0.5, 0.6) is 0 Å². The van der Waals surface area contributed by atoms with Crippen LogP contribution in [0.25, 0.3) is 31.3 Å². The van der Waals surface area contributed by atoms with Crippen molar-refractivity contribution in [3.05, 3.63) is 205 Å². The smallest absolute Gasteiger partial charge is 0.277 e. The first kappa shape index (κ1) is 44.4. The Hall–Kier alpha value is -6.86. The van der Waals surface area contributed by atoms with E-state index in [-0.39, 0.29) is 23.0 Å². The fourth-order valence-electron chi connectivity index (χ4n) is 10.8. The standard InChI is InChI=1S/C64H58BN3S2/c1-62(2,3)42-30-28-41(29-31-42)51-38-44(64(7,8)9)34-37-52(51)68-54-40-48(66(45-20-12-10-13-21-45)46-22-14-11-15-23-46)39-53-57(54)65(61-59(68)50-25-17-19-27-56(50)70-61)60-58(49-24-16-18-26-55(49)69-60)67(53)47-35-32-43(33-36-47)63(4,5)6/h10-40H,1-9H3. The molecule has 2 aliphatic heterocycles. The Labute approximate surface area is 422 Å². The van der Waals surface area contributed by atoms with Crippen molar-refractivity contribution >= 4 is 116 Å². The summed E-state index contributed by atoms with van der Waals surface area (Å²) < 4.78 is 5.37. The van der Waals surface area contributed by atoms with Gasteiger partial charge in [-0.25, -0.2) is 0 Å². The molecule has 344 valence electrons. The number of anilines is 9. The fraction of sp³-hybridized carbons (Fsp3) is 0.188. The van der Waals surface area contributed by atoms with Gasteiger partial charge in [0, 0.05) is 63.7 Å². The largest absolute Gasteiger partial charge is 0.310 e. The average Bonchev–Trinajstić information content (AvgIpc) is 3.93. The maximum Gasteiger partial charge on any atom is 0.277 e. The average molecular weight is 944 g/mol. The zero-order valence-corrected chi connectivity index (χ0v) is 43.3. The minimum Gasteiger partial charge on any atom is -0.310 e. The van der Waals surface area contributed by atoms with Crippen molar-refractivity contribution < 1.29 is 0 Å². The number of hydrogen-bond acceptors (Lipinski definition) is 5. The van der Waals surface area contributed by atoms with E-state index in [1.807, 2.05) is 22.7 Å². The Morgan fingerprint density at radius 3 is 1.36 bits per heavy atom. The second-order valence-electron chi connectivity index (χ2n) is 22.2. The highest BCUT2D eigenvalue weighted by Crippen LogP contribution is 2.54. The lowest BCUT2D eigenvalue weighted by Gasteiger charge is -2.43. The molecule has 6 heteroatoms. The van der Waals surface area contributed by atoms with Crippen LogP contribution >= 0.6 is 22.7 Å². The molecule has 3 nitrogen and oxygen atoms in total. The van der Waals surface area contributed by atoms with Gasteiger partial charge in [0.1, 0.15) is 0 Å². The molecule has 0 unspecified atom stereocenters. The summed E-state index contributed by atoms with van der Waals surface area (Å²) in [5.74, 6) is 0. The van der Waals surface area contributed by atoms with E-state index in [0.717, 1.165) is 22.7 Å². The van der Waals surface area contributed by atoms with Crippen molar-refractivity contribution in [2.75, 3.05) is 14.7 Å². The van der Waals surface area contributed by atoms with E-state index in [9.17, 15) is 0 Å². The maximum atomic E-state index is 2.67. The molecule has 0 N–H and O–H groups in total. The minimum atomic E-state index is -0.0581. The quantitative estimate of drug-likeness (QED) is 0.154. The molecule has 0 spiro atoms. The first-order valence-corrected chi connectivity index (χ1v) is 26.3. The Morgan fingerprint density at radius 2 is 0.843 bits per heavy atom. The lowest BCUT2D eigenvalue weighted by Crippen LogP contribution is -2.59. The van der Waals surface area contributed by atoms with Gasteiger partial charge in [0.2, 0.25) is 0 Å².